The molecule has 0 spiro atoms. The molecule has 0 aromatic carbocycles. The van der Waals surface area contributed by atoms with E-state index >= 15 is 0 Å². The maximum Gasteiger partial charge on any atom is 0.293 e. The Hall–Kier alpha value is -2.28. The van der Waals surface area contributed by atoms with E-state index < -0.39 is 0 Å². The van der Waals surface area contributed by atoms with Crippen LogP contribution < -0.4 is 4.74 Å². The first kappa shape index (κ1) is 17.5. The molecule has 6 nitrogen and oxygen atoms in total. The number of thioether (sulfide) groups is 1. The molecule has 0 N–H and O–H groups in total. The summed E-state index contributed by atoms with van der Waals surface area (Å²) < 4.78 is 7.67. The fourth-order valence-electron chi connectivity index (χ4n) is 2.59. The van der Waals surface area contributed by atoms with Crippen LogP contribution in [-0.2, 0) is 4.79 Å². The number of rotatable bonds is 8. The Morgan fingerprint density at radius 1 is 1.28 bits per heavy atom. The standard InChI is InChI=1S/C18H21N3O3S/c1-2-3-7-14-17(22)21(18(23)25-14)11-4-5-13-24-16-9-6-8-15-19-10-12-20(15)16/h6-10,12H,2-5,11,13H2,1H3/b14-7+. The Morgan fingerprint density at radius 3 is 3.00 bits per heavy atom. The van der Waals surface area contributed by atoms with Gasteiger partial charge in [-0.25, -0.2) is 4.98 Å². The number of hydrogen-bond acceptors (Lipinski definition) is 5. The molecule has 3 rings (SSSR count). The smallest absolute Gasteiger partial charge is 0.293 e. The van der Waals surface area contributed by atoms with Crippen LogP contribution in [0.5, 0.6) is 5.88 Å². The summed E-state index contributed by atoms with van der Waals surface area (Å²) in [5.41, 5.74) is 0.842. The summed E-state index contributed by atoms with van der Waals surface area (Å²) in [6.45, 7) is 3.01. The zero-order valence-corrected chi connectivity index (χ0v) is 15.0. The average Bonchev–Trinajstić information content (AvgIpc) is 3.19. The average molecular weight is 359 g/mol. The van der Waals surface area contributed by atoms with Gasteiger partial charge < -0.3 is 4.74 Å². The van der Waals surface area contributed by atoms with Gasteiger partial charge >= 0.3 is 0 Å². The van der Waals surface area contributed by atoms with Crippen LogP contribution in [0.1, 0.15) is 32.6 Å². The molecule has 132 valence electrons. The fraction of sp³-hybridized carbons (Fsp3) is 0.389. The summed E-state index contributed by atoms with van der Waals surface area (Å²) in [7, 11) is 0. The number of nitrogens with zero attached hydrogens (tertiary/aromatic N) is 3. The molecule has 25 heavy (non-hydrogen) atoms. The van der Waals surface area contributed by atoms with Crippen LogP contribution >= 0.6 is 11.8 Å². The van der Waals surface area contributed by atoms with Crippen LogP contribution in [-0.4, -0.2) is 38.6 Å². The molecule has 1 fully saturated rings. The maximum absolute atomic E-state index is 12.2. The third kappa shape index (κ3) is 4.04. The number of carbonyl (C=O) groups excluding carboxylic acids is 2. The third-order valence-electron chi connectivity index (χ3n) is 3.91. The lowest BCUT2D eigenvalue weighted by atomic mass is 10.3. The van der Waals surface area contributed by atoms with Gasteiger partial charge in [-0.1, -0.05) is 25.5 Å². The lowest BCUT2D eigenvalue weighted by Gasteiger charge is -2.12. The van der Waals surface area contributed by atoms with E-state index in [1.54, 1.807) is 6.20 Å². The number of aromatic nitrogens is 2. The number of allylic oxidation sites excluding steroid dienone is 1. The van der Waals surface area contributed by atoms with Crippen molar-refractivity contribution in [3.63, 3.8) is 0 Å². The molecule has 0 radical (unpaired) electrons. The van der Waals surface area contributed by atoms with Gasteiger partial charge in [-0.05, 0) is 43.2 Å². The zero-order chi connectivity index (χ0) is 17.6. The summed E-state index contributed by atoms with van der Waals surface area (Å²) >= 11 is 1.04. The summed E-state index contributed by atoms with van der Waals surface area (Å²) in [6, 6.07) is 5.71. The summed E-state index contributed by atoms with van der Waals surface area (Å²) in [5.74, 6) is 0.580. The van der Waals surface area contributed by atoms with Crippen LogP contribution in [0.25, 0.3) is 5.65 Å². The molecule has 2 aromatic heterocycles. The Kier molecular flexibility index (Phi) is 5.75. The van der Waals surface area contributed by atoms with Gasteiger partial charge in [-0.3, -0.25) is 18.9 Å². The van der Waals surface area contributed by atoms with Gasteiger partial charge in [0.2, 0.25) is 0 Å². The van der Waals surface area contributed by atoms with Crippen molar-refractivity contribution in [2.75, 3.05) is 13.2 Å². The van der Waals surface area contributed by atoms with Gasteiger partial charge in [0.1, 0.15) is 5.65 Å². The van der Waals surface area contributed by atoms with E-state index in [4.69, 9.17) is 4.74 Å². The van der Waals surface area contributed by atoms with Gasteiger partial charge in [0, 0.05) is 18.9 Å². The summed E-state index contributed by atoms with van der Waals surface area (Å²) in [4.78, 5) is 30.3. The van der Waals surface area contributed by atoms with Crippen molar-refractivity contribution < 1.29 is 14.3 Å². The Labute approximate surface area is 150 Å². The quantitative estimate of drug-likeness (QED) is 0.529. The highest BCUT2D eigenvalue weighted by molar-refractivity contribution is 8.18. The molecule has 0 atom stereocenters. The lowest BCUT2D eigenvalue weighted by molar-refractivity contribution is -0.122. The molecule has 1 aliphatic heterocycles. The van der Waals surface area contributed by atoms with E-state index in [0.717, 1.165) is 49.0 Å². The fourth-order valence-corrected chi connectivity index (χ4v) is 3.46. The Bertz CT molecular complexity index is 800. The Balaban J connectivity index is 1.45. The van der Waals surface area contributed by atoms with Crippen molar-refractivity contribution in [1.29, 1.82) is 0 Å². The van der Waals surface area contributed by atoms with Crippen molar-refractivity contribution in [2.45, 2.75) is 32.6 Å². The highest BCUT2D eigenvalue weighted by atomic mass is 32.2. The van der Waals surface area contributed by atoms with Gasteiger partial charge in [0.15, 0.2) is 5.88 Å². The van der Waals surface area contributed by atoms with Crippen molar-refractivity contribution in [3.05, 3.63) is 41.6 Å². The number of hydrogen-bond donors (Lipinski definition) is 0. The largest absolute Gasteiger partial charge is 0.479 e. The number of amides is 2. The van der Waals surface area contributed by atoms with E-state index in [1.807, 2.05) is 41.8 Å². The molecule has 3 heterocycles. The number of ether oxygens (including phenoxy) is 1. The third-order valence-corrected chi connectivity index (χ3v) is 4.87. The molecule has 7 heteroatoms. The number of imidazole rings is 1. The number of unbranched alkanes of at least 4 members (excludes halogenated alkanes) is 2. The van der Waals surface area contributed by atoms with Crippen LogP contribution in [0.4, 0.5) is 4.79 Å². The highest BCUT2D eigenvalue weighted by Gasteiger charge is 2.34. The van der Waals surface area contributed by atoms with Gasteiger partial charge in [-0.2, -0.15) is 0 Å². The van der Waals surface area contributed by atoms with E-state index in [2.05, 4.69) is 4.98 Å². The van der Waals surface area contributed by atoms with Crippen molar-refractivity contribution in [3.8, 4) is 5.88 Å². The molecular weight excluding hydrogens is 338 g/mol. The predicted molar refractivity (Wildman–Crippen MR) is 97.6 cm³/mol. The molecule has 2 aromatic rings. The molecule has 0 aliphatic carbocycles. The number of fused-ring (bicyclic) bond motifs is 1. The van der Waals surface area contributed by atoms with E-state index in [-0.39, 0.29) is 11.1 Å². The minimum atomic E-state index is -0.170. The van der Waals surface area contributed by atoms with Crippen LogP contribution in [0.3, 0.4) is 0 Å². The molecule has 0 saturated carbocycles. The number of carbonyl (C=O) groups is 2. The predicted octanol–water partition coefficient (Wildman–Crippen LogP) is 3.87. The number of pyridine rings is 1. The molecule has 0 unspecified atom stereocenters. The molecule has 0 bridgehead atoms. The van der Waals surface area contributed by atoms with Crippen LogP contribution in [0.15, 0.2) is 41.6 Å². The topological polar surface area (TPSA) is 63.9 Å². The first-order valence-corrected chi connectivity index (χ1v) is 9.31. The van der Waals surface area contributed by atoms with E-state index in [9.17, 15) is 9.59 Å². The lowest BCUT2D eigenvalue weighted by Crippen LogP contribution is -2.29. The summed E-state index contributed by atoms with van der Waals surface area (Å²) in [5, 5.41) is -0.170. The molecule has 1 saturated heterocycles. The van der Waals surface area contributed by atoms with Gasteiger partial charge in [-0.15, -0.1) is 0 Å². The second-order valence-electron chi connectivity index (χ2n) is 5.76. The SMILES string of the molecule is CCC/C=C1/SC(=O)N(CCCCOc2cccc3nccn23)C1=O. The first-order chi connectivity index (χ1) is 12.2. The Morgan fingerprint density at radius 2 is 2.16 bits per heavy atom. The molecule has 2 amide bonds. The van der Waals surface area contributed by atoms with Crippen molar-refractivity contribution in [2.24, 2.45) is 0 Å². The zero-order valence-electron chi connectivity index (χ0n) is 14.2. The second kappa shape index (κ2) is 8.20. The van der Waals surface area contributed by atoms with Crippen LogP contribution in [0.2, 0.25) is 0 Å². The first-order valence-electron chi connectivity index (χ1n) is 8.49. The van der Waals surface area contributed by atoms with Crippen molar-refractivity contribution >= 4 is 28.6 Å². The minimum Gasteiger partial charge on any atom is -0.479 e. The highest BCUT2D eigenvalue weighted by Crippen LogP contribution is 2.31. The van der Waals surface area contributed by atoms with E-state index in [1.165, 1.54) is 4.90 Å². The monoisotopic (exact) mass is 359 g/mol. The van der Waals surface area contributed by atoms with Gasteiger partial charge in [0.05, 0.1) is 11.5 Å². The molecular formula is C18H21N3O3S. The minimum absolute atomic E-state index is 0.160. The van der Waals surface area contributed by atoms with Crippen LogP contribution in [0, 0.1) is 0 Å². The normalized spacial score (nSPS) is 16.4. The van der Waals surface area contributed by atoms with Crippen molar-refractivity contribution in [1.82, 2.24) is 14.3 Å². The van der Waals surface area contributed by atoms with E-state index in [0.29, 0.717) is 18.1 Å². The maximum atomic E-state index is 12.2. The van der Waals surface area contributed by atoms with Gasteiger partial charge in [0.25, 0.3) is 11.1 Å². The molecule has 1 aliphatic rings. The number of imide groups is 1. The second-order valence-corrected chi connectivity index (χ2v) is 6.75. The summed E-state index contributed by atoms with van der Waals surface area (Å²) in [6.07, 6.45) is 8.72.